The molecule has 130 valence electrons. The molecule has 0 bridgehead atoms. The van der Waals surface area contributed by atoms with Crippen molar-refractivity contribution in [3.05, 3.63) is 52.5 Å². The summed E-state index contributed by atoms with van der Waals surface area (Å²) in [6.45, 7) is 2.17. The van der Waals surface area contributed by atoms with Crippen LogP contribution < -0.4 is 10.6 Å². The zero-order valence-electron chi connectivity index (χ0n) is 13.3. The zero-order valence-corrected chi connectivity index (χ0v) is 14.1. The molecule has 2 aromatic heterocycles. The minimum atomic E-state index is -0.460. The molecule has 0 spiro atoms. The summed E-state index contributed by atoms with van der Waals surface area (Å²) in [6, 6.07) is 7.83. The number of ether oxygens (including phenoxy) is 1. The van der Waals surface area contributed by atoms with Crippen molar-refractivity contribution in [3.8, 4) is 17.1 Å². The Balaban J connectivity index is 1.56. The highest BCUT2D eigenvalue weighted by molar-refractivity contribution is 7.99. The number of non-ortho nitro benzene ring substituents is 1. The number of nitrogens with zero attached hydrogens (tertiary/aromatic N) is 4. The average Bonchev–Trinajstić information content (AvgIpc) is 3.17. The van der Waals surface area contributed by atoms with Crippen LogP contribution in [0.3, 0.4) is 0 Å². The number of thioether (sulfide) groups is 1. The number of furan rings is 1. The lowest BCUT2D eigenvalue weighted by atomic mass is 10.2. The maximum Gasteiger partial charge on any atom is 0.273 e. The lowest BCUT2D eigenvalue weighted by Crippen LogP contribution is -2.12. The van der Waals surface area contributed by atoms with Crippen LogP contribution in [0.1, 0.15) is 5.76 Å². The summed E-state index contributed by atoms with van der Waals surface area (Å²) >= 11 is 1.38. The topological polar surface area (TPSA) is 122 Å². The molecule has 0 aliphatic carbocycles. The Bertz CT molecular complexity index is 892. The Hall–Kier alpha value is -3.01. The molecule has 3 aromatic rings. The number of nitrogen functional groups attached to an aromatic ring is 1. The molecular weight excluding hydrogens is 346 g/mol. The van der Waals surface area contributed by atoms with Crippen molar-refractivity contribution in [1.82, 2.24) is 14.9 Å². The van der Waals surface area contributed by atoms with Crippen LogP contribution >= 0.6 is 11.8 Å². The van der Waals surface area contributed by atoms with Gasteiger partial charge in [-0.05, 0) is 19.1 Å². The van der Waals surface area contributed by atoms with Gasteiger partial charge in [-0.1, -0.05) is 17.8 Å². The van der Waals surface area contributed by atoms with E-state index in [9.17, 15) is 10.1 Å². The highest BCUT2D eigenvalue weighted by atomic mass is 32.2. The second kappa shape index (κ2) is 7.26. The number of nitro benzene ring substituents is 1. The summed E-state index contributed by atoms with van der Waals surface area (Å²) in [7, 11) is 0. The first kappa shape index (κ1) is 16.8. The molecule has 0 aliphatic rings. The number of aromatic nitrogens is 3. The van der Waals surface area contributed by atoms with Crippen LogP contribution in [0.25, 0.3) is 11.4 Å². The van der Waals surface area contributed by atoms with Crippen LogP contribution in [0.2, 0.25) is 0 Å². The van der Waals surface area contributed by atoms with Crippen LogP contribution in [-0.4, -0.2) is 32.2 Å². The van der Waals surface area contributed by atoms with Crippen molar-refractivity contribution < 1.29 is 14.1 Å². The Morgan fingerprint density at radius 1 is 1.40 bits per heavy atom. The third-order valence-corrected chi connectivity index (χ3v) is 4.28. The van der Waals surface area contributed by atoms with E-state index in [0.717, 1.165) is 5.56 Å². The van der Waals surface area contributed by atoms with E-state index in [1.54, 1.807) is 24.5 Å². The molecule has 0 aliphatic heterocycles. The van der Waals surface area contributed by atoms with Gasteiger partial charge < -0.3 is 15.0 Å². The maximum atomic E-state index is 10.7. The molecule has 0 atom stereocenters. The second-order valence-corrected chi connectivity index (χ2v) is 6.08. The fourth-order valence-corrected chi connectivity index (χ4v) is 2.83. The van der Waals surface area contributed by atoms with Crippen molar-refractivity contribution in [3.63, 3.8) is 0 Å². The molecule has 3 rings (SSSR count). The predicted molar refractivity (Wildman–Crippen MR) is 91.9 cm³/mol. The van der Waals surface area contributed by atoms with Crippen molar-refractivity contribution in [1.29, 1.82) is 0 Å². The summed E-state index contributed by atoms with van der Waals surface area (Å²) in [5.74, 6) is 8.26. The number of nitro groups is 1. The number of hydrogen-bond donors (Lipinski definition) is 1. The van der Waals surface area contributed by atoms with Gasteiger partial charge in [0.1, 0.15) is 11.5 Å². The summed E-state index contributed by atoms with van der Waals surface area (Å²) in [5, 5.41) is 19.4. The van der Waals surface area contributed by atoms with Gasteiger partial charge in [-0.25, -0.2) is 4.68 Å². The lowest BCUT2D eigenvalue weighted by molar-refractivity contribution is -0.384. The first-order chi connectivity index (χ1) is 12.1. The normalized spacial score (nSPS) is 10.8. The molecule has 0 unspecified atom stereocenters. The number of rotatable bonds is 7. The first-order valence-corrected chi connectivity index (χ1v) is 8.30. The molecule has 0 amide bonds. The fraction of sp³-hybridized carbons (Fsp3) is 0.200. The Kier molecular flexibility index (Phi) is 4.89. The Morgan fingerprint density at radius 2 is 2.24 bits per heavy atom. The van der Waals surface area contributed by atoms with E-state index in [1.807, 2.05) is 6.92 Å². The largest absolute Gasteiger partial charge is 0.492 e. The summed E-state index contributed by atoms with van der Waals surface area (Å²) in [5.41, 5.74) is 0.779. The molecule has 0 fully saturated rings. The predicted octanol–water partition coefficient (Wildman–Crippen LogP) is 2.64. The van der Waals surface area contributed by atoms with Crippen molar-refractivity contribution >= 4 is 17.4 Å². The Labute approximate surface area is 146 Å². The smallest absolute Gasteiger partial charge is 0.273 e. The van der Waals surface area contributed by atoms with E-state index in [0.29, 0.717) is 34.9 Å². The van der Waals surface area contributed by atoms with Gasteiger partial charge in [0.25, 0.3) is 5.69 Å². The Morgan fingerprint density at radius 3 is 2.96 bits per heavy atom. The number of nitrogens with two attached hydrogens (primary N) is 1. The van der Waals surface area contributed by atoms with E-state index in [2.05, 4.69) is 10.2 Å². The van der Waals surface area contributed by atoms with E-state index in [4.69, 9.17) is 15.0 Å². The van der Waals surface area contributed by atoms with Gasteiger partial charge in [0.2, 0.25) is 5.16 Å². The molecule has 10 heteroatoms. The fourth-order valence-electron chi connectivity index (χ4n) is 2.16. The minimum absolute atomic E-state index is 0.00743. The SMILES string of the molecule is Cc1occc1-c1nnc(SCCOc2cccc([N+](=O)[O-])c2)n1N. The van der Waals surface area contributed by atoms with Crippen LogP contribution in [0.5, 0.6) is 5.75 Å². The molecule has 0 saturated carbocycles. The summed E-state index contributed by atoms with van der Waals surface area (Å²) < 4.78 is 12.2. The van der Waals surface area contributed by atoms with E-state index < -0.39 is 4.92 Å². The van der Waals surface area contributed by atoms with E-state index >= 15 is 0 Å². The maximum absolute atomic E-state index is 10.7. The average molecular weight is 361 g/mol. The summed E-state index contributed by atoms with van der Waals surface area (Å²) in [4.78, 5) is 10.3. The quantitative estimate of drug-likeness (QED) is 0.224. The van der Waals surface area contributed by atoms with Crippen LogP contribution in [-0.2, 0) is 0 Å². The van der Waals surface area contributed by atoms with Crippen LogP contribution in [0.15, 0.2) is 46.2 Å². The molecule has 0 radical (unpaired) electrons. The van der Waals surface area contributed by atoms with Gasteiger partial charge in [-0.3, -0.25) is 10.1 Å². The lowest BCUT2D eigenvalue weighted by Gasteiger charge is -2.06. The van der Waals surface area contributed by atoms with Crippen LogP contribution in [0, 0.1) is 17.0 Å². The molecule has 25 heavy (non-hydrogen) atoms. The van der Waals surface area contributed by atoms with Gasteiger partial charge in [-0.2, -0.15) is 0 Å². The van der Waals surface area contributed by atoms with E-state index in [-0.39, 0.29) is 5.69 Å². The number of hydrogen-bond acceptors (Lipinski definition) is 8. The molecule has 2 heterocycles. The number of benzene rings is 1. The molecule has 9 nitrogen and oxygen atoms in total. The molecule has 0 saturated heterocycles. The minimum Gasteiger partial charge on any atom is -0.492 e. The first-order valence-electron chi connectivity index (χ1n) is 7.31. The molecule has 2 N–H and O–H groups in total. The summed E-state index contributed by atoms with van der Waals surface area (Å²) in [6.07, 6.45) is 1.57. The van der Waals surface area contributed by atoms with Gasteiger partial charge in [0.15, 0.2) is 5.82 Å². The van der Waals surface area contributed by atoms with Gasteiger partial charge in [0.05, 0.1) is 29.4 Å². The van der Waals surface area contributed by atoms with Gasteiger partial charge in [-0.15, -0.1) is 10.2 Å². The van der Waals surface area contributed by atoms with Gasteiger partial charge >= 0.3 is 0 Å². The number of aryl methyl sites for hydroxylation is 1. The molecule has 1 aromatic carbocycles. The second-order valence-electron chi connectivity index (χ2n) is 5.02. The van der Waals surface area contributed by atoms with Crippen molar-refractivity contribution in [2.24, 2.45) is 0 Å². The highest BCUT2D eigenvalue weighted by Crippen LogP contribution is 2.25. The third-order valence-electron chi connectivity index (χ3n) is 3.38. The zero-order chi connectivity index (χ0) is 17.8. The standard InChI is InChI=1S/C15H15N5O4S/c1-10-13(5-6-23-10)14-17-18-15(19(14)16)25-8-7-24-12-4-2-3-11(9-12)20(21)22/h2-6,9H,7-8,16H2,1H3. The monoisotopic (exact) mass is 361 g/mol. The highest BCUT2D eigenvalue weighted by Gasteiger charge is 2.15. The van der Waals surface area contributed by atoms with Crippen LogP contribution in [0.4, 0.5) is 5.69 Å². The van der Waals surface area contributed by atoms with E-state index in [1.165, 1.54) is 28.6 Å². The molecular formula is C15H15N5O4S. The van der Waals surface area contributed by atoms with Crippen molar-refractivity contribution in [2.75, 3.05) is 18.2 Å². The van der Waals surface area contributed by atoms with Crippen molar-refractivity contribution in [2.45, 2.75) is 12.1 Å². The van der Waals surface area contributed by atoms with Gasteiger partial charge in [0, 0.05) is 11.8 Å². The third kappa shape index (κ3) is 3.74.